The number of hydrogen-bond acceptors (Lipinski definition) is 2. The Hall–Kier alpha value is -1.06. The van der Waals surface area contributed by atoms with E-state index < -0.39 is 5.54 Å². The Morgan fingerprint density at radius 3 is 2.29 bits per heavy atom. The van der Waals surface area contributed by atoms with Crippen LogP contribution in [0, 0.1) is 11.8 Å². The van der Waals surface area contributed by atoms with Crippen LogP contribution in [0.5, 0.6) is 0 Å². The molecule has 0 aromatic heterocycles. The zero-order chi connectivity index (χ0) is 16.2. The van der Waals surface area contributed by atoms with Gasteiger partial charge in [0.05, 0.1) is 0 Å². The SMILES string of the molecule is CCC1(C)NC(=O)C(CC(C)C)N(CCCC(C)C)C1=O. The van der Waals surface area contributed by atoms with Gasteiger partial charge in [-0.15, -0.1) is 0 Å². The lowest BCUT2D eigenvalue weighted by Gasteiger charge is -2.44. The van der Waals surface area contributed by atoms with Crippen LogP contribution in [0.1, 0.15) is 67.2 Å². The zero-order valence-corrected chi connectivity index (χ0v) is 14.5. The van der Waals surface area contributed by atoms with Gasteiger partial charge in [0, 0.05) is 6.54 Å². The molecule has 2 unspecified atom stereocenters. The summed E-state index contributed by atoms with van der Waals surface area (Å²) < 4.78 is 0. The summed E-state index contributed by atoms with van der Waals surface area (Å²) in [6.45, 7) is 13.0. The minimum absolute atomic E-state index is 0.0113. The average Bonchev–Trinajstić information content (AvgIpc) is 2.38. The summed E-state index contributed by atoms with van der Waals surface area (Å²) in [5.74, 6) is 1.11. The summed E-state index contributed by atoms with van der Waals surface area (Å²) in [7, 11) is 0. The number of amides is 2. The van der Waals surface area contributed by atoms with Crippen molar-refractivity contribution in [3.63, 3.8) is 0 Å². The Bertz CT molecular complexity index is 379. The van der Waals surface area contributed by atoms with Crippen LogP contribution in [-0.4, -0.2) is 34.8 Å². The minimum Gasteiger partial charge on any atom is -0.340 e. The van der Waals surface area contributed by atoms with E-state index in [0.29, 0.717) is 24.8 Å². The molecule has 1 heterocycles. The first-order chi connectivity index (χ1) is 9.71. The van der Waals surface area contributed by atoms with Crippen molar-refractivity contribution in [2.75, 3.05) is 6.54 Å². The maximum atomic E-state index is 12.8. The Morgan fingerprint density at radius 2 is 1.81 bits per heavy atom. The van der Waals surface area contributed by atoms with Crippen LogP contribution in [0.2, 0.25) is 0 Å². The van der Waals surface area contributed by atoms with E-state index in [1.807, 2.05) is 18.7 Å². The first kappa shape index (κ1) is 18.0. The maximum Gasteiger partial charge on any atom is 0.248 e. The molecule has 0 saturated carbocycles. The molecule has 2 atom stereocenters. The van der Waals surface area contributed by atoms with Crippen LogP contribution < -0.4 is 5.32 Å². The molecule has 0 aliphatic carbocycles. The summed E-state index contributed by atoms with van der Waals surface area (Å²) in [6, 6.07) is -0.302. The fourth-order valence-electron chi connectivity index (χ4n) is 2.86. The van der Waals surface area contributed by atoms with Crippen LogP contribution in [0.25, 0.3) is 0 Å². The minimum atomic E-state index is -0.734. The molecule has 1 fully saturated rings. The van der Waals surface area contributed by atoms with Crippen molar-refractivity contribution in [1.29, 1.82) is 0 Å². The molecule has 4 nitrogen and oxygen atoms in total. The quantitative estimate of drug-likeness (QED) is 0.785. The normalized spacial score (nSPS) is 26.7. The number of nitrogens with zero attached hydrogens (tertiary/aromatic N) is 1. The van der Waals surface area contributed by atoms with Crippen molar-refractivity contribution < 1.29 is 9.59 Å². The van der Waals surface area contributed by atoms with Gasteiger partial charge in [-0.2, -0.15) is 0 Å². The van der Waals surface area contributed by atoms with Crippen LogP contribution in [-0.2, 0) is 9.59 Å². The number of piperazine rings is 1. The van der Waals surface area contributed by atoms with Gasteiger partial charge >= 0.3 is 0 Å². The molecule has 1 aliphatic heterocycles. The van der Waals surface area contributed by atoms with Gasteiger partial charge in [-0.25, -0.2) is 0 Å². The predicted octanol–water partition coefficient (Wildman–Crippen LogP) is 2.96. The van der Waals surface area contributed by atoms with Crippen molar-refractivity contribution in [3.05, 3.63) is 0 Å². The highest BCUT2D eigenvalue weighted by Crippen LogP contribution is 2.25. The molecule has 0 aromatic rings. The molecule has 1 aliphatic rings. The largest absolute Gasteiger partial charge is 0.340 e. The summed E-state index contributed by atoms with van der Waals surface area (Å²) in [5, 5.41) is 2.95. The van der Waals surface area contributed by atoms with Gasteiger partial charge in [-0.1, -0.05) is 34.6 Å². The molecule has 0 bridgehead atoms. The lowest BCUT2D eigenvalue weighted by Crippen LogP contribution is -2.69. The Kier molecular flexibility index (Phi) is 6.24. The fraction of sp³-hybridized carbons (Fsp3) is 0.882. The van der Waals surface area contributed by atoms with Crippen molar-refractivity contribution in [2.24, 2.45) is 11.8 Å². The van der Waals surface area contributed by atoms with E-state index in [1.54, 1.807) is 0 Å². The second-order valence-corrected chi connectivity index (χ2v) is 7.35. The highest BCUT2D eigenvalue weighted by Gasteiger charge is 2.46. The second-order valence-electron chi connectivity index (χ2n) is 7.35. The smallest absolute Gasteiger partial charge is 0.248 e. The molecule has 0 spiro atoms. The topological polar surface area (TPSA) is 49.4 Å². The molecule has 0 aromatic carbocycles. The molecule has 122 valence electrons. The Morgan fingerprint density at radius 1 is 1.19 bits per heavy atom. The van der Waals surface area contributed by atoms with E-state index in [4.69, 9.17) is 0 Å². The monoisotopic (exact) mass is 296 g/mol. The molecule has 4 heteroatoms. The number of carbonyl (C=O) groups is 2. The van der Waals surface area contributed by atoms with E-state index in [0.717, 1.165) is 19.3 Å². The maximum absolute atomic E-state index is 12.8. The van der Waals surface area contributed by atoms with Crippen molar-refractivity contribution in [2.45, 2.75) is 78.8 Å². The molecule has 21 heavy (non-hydrogen) atoms. The number of hydrogen-bond donors (Lipinski definition) is 1. The fourth-order valence-corrected chi connectivity index (χ4v) is 2.86. The van der Waals surface area contributed by atoms with Crippen molar-refractivity contribution in [3.8, 4) is 0 Å². The van der Waals surface area contributed by atoms with Crippen LogP contribution in [0.4, 0.5) is 0 Å². The predicted molar refractivity (Wildman–Crippen MR) is 85.9 cm³/mol. The molecule has 2 amide bonds. The van der Waals surface area contributed by atoms with Gasteiger partial charge in [-0.05, 0) is 44.4 Å². The standard InChI is InChI=1S/C17H32N2O2/c1-7-17(6)16(21)19(10-8-9-12(2)3)14(11-13(4)5)15(20)18-17/h12-14H,7-11H2,1-6H3,(H,18,20). The van der Waals surface area contributed by atoms with Gasteiger partial charge in [-0.3, -0.25) is 9.59 Å². The summed E-state index contributed by atoms with van der Waals surface area (Å²) in [6.07, 6.45) is 3.42. The molecule has 1 saturated heterocycles. The number of carbonyl (C=O) groups excluding carboxylic acids is 2. The van der Waals surface area contributed by atoms with E-state index >= 15 is 0 Å². The van der Waals surface area contributed by atoms with Crippen LogP contribution in [0.3, 0.4) is 0 Å². The second kappa shape index (κ2) is 7.28. The number of rotatable bonds is 7. The summed E-state index contributed by atoms with van der Waals surface area (Å²) in [5.41, 5.74) is -0.734. The summed E-state index contributed by atoms with van der Waals surface area (Å²) >= 11 is 0. The third-order valence-electron chi connectivity index (χ3n) is 4.39. The first-order valence-corrected chi connectivity index (χ1v) is 8.34. The number of nitrogens with one attached hydrogen (secondary N) is 1. The zero-order valence-electron chi connectivity index (χ0n) is 14.5. The molecule has 1 rings (SSSR count). The summed E-state index contributed by atoms with van der Waals surface area (Å²) in [4.78, 5) is 27.1. The van der Waals surface area contributed by atoms with E-state index in [1.165, 1.54) is 0 Å². The van der Waals surface area contributed by atoms with Gasteiger partial charge in [0.15, 0.2) is 0 Å². The van der Waals surface area contributed by atoms with Gasteiger partial charge in [0.1, 0.15) is 11.6 Å². The van der Waals surface area contributed by atoms with Gasteiger partial charge < -0.3 is 10.2 Å². The van der Waals surface area contributed by atoms with Crippen LogP contribution >= 0.6 is 0 Å². The molecular formula is C17H32N2O2. The van der Waals surface area contributed by atoms with Crippen molar-refractivity contribution >= 4 is 11.8 Å². The van der Waals surface area contributed by atoms with E-state index in [9.17, 15) is 9.59 Å². The lowest BCUT2D eigenvalue weighted by atomic mass is 9.89. The van der Waals surface area contributed by atoms with E-state index in [2.05, 4.69) is 33.0 Å². The molecule has 0 radical (unpaired) electrons. The average molecular weight is 296 g/mol. The highest BCUT2D eigenvalue weighted by atomic mass is 16.2. The van der Waals surface area contributed by atoms with Crippen LogP contribution in [0.15, 0.2) is 0 Å². The Labute approximate surface area is 129 Å². The van der Waals surface area contributed by atoms with Crippen molar-refractivity contribution in [1.82, 2.24) is 10.2 Å². The molecule has 1 N–H and O–H groups in total. The van der Waals surface area contributed by atoms with Gasteiger partial charge in [0.2, 0.25) is 11.8 Å². The third kappa shape index (κ3) is 4.45. The third-order valence-corrected chi connectivity index (χ3v) is 4.39. The van der Waals surface area contributed by atoms with E-state index in [-0.39, 0.29) is 17.9 Å². The highest BCUT2D eigenvalue weighted by molar-refractivity contribution is 5.99. The lowest BCUT2D eigenvalue weighted by molar-refractivity contribution is -0.155. The first-order valence-electron chi connectivity index (χ1n) is 8.34. The Balaban J connectivity index is 2.89. The van der Waals surface area contributed by atoms with Gasteiger partial charge in [0.25, 0.3) is 0 Å². The molecular weight excluding hydrogens is 264 g/mol.